The van der Waals surface area contributed by atoms with E-state index >= 15 is 0 Å². The van der Waals surface area contributed by atoms with Crippen LogP contribution in [0.1, 0.15) is 18.5 Å². The number of pyridine rings is 1. The highest BCUT2D eigenvalue weighted by molar-refractivity contribution is 7.71. The lowest BCUT2D eigenvalue weighted by Gasteiger charge is -2.25. The average molecular weight is 407 g/mol. The van der Waals surface area contributed by atoms with Crippen LogP contribution in [0.3, 0.4) is 0 Å². The molecule has 0 aliphatic heterocycles. The lowest BCUT2D eigenvalue weighted by Crippen LogP contribution is -2.26. The SMILES string of the molecule is C[C@H](c1ccc(-n2cncn2)cc1)N(C)Cn1nc(-c2ccncc2)n(C)c1=S. The number of aromatic nitrogens is 7. The summed E-state index contributed by atoms with van der Waals surface area (Å²) in [5.74, 6) is 0.829. The van der Waals surface area contributed by atoms with Gasteiger partial charge in [0.05, 0.1) is 12.4 Å². The molecule has 0 fully saturated rings. The Morgan fingerprint density at radius 1 is 1.07 bits per heavy atom. The van der Waals surface area contributed by atoms with E-state index in [1.165, 1.54) is 11.9 Å². The minimum atomic E-state index is 0.188. The molecule has 0 aliphatic carbocycles. The fourth-order valence-electron chi connectivity index (χ4n) is 3.17. The minimum Gasteiger partial charge on any atom is -0.303 e. The maximum Gasteiger partial charge on any atom is 0.199 e. The van der Waals surface area contributed by atoms with Gasteiger partial charge in [-0.3, -0.25) is 9.88 Å². The molecule has 29 heavy (non-hydrogen) atoms. The first-order chi connectivity index (χ1) is 14.0. The Labute approximate surface area is 174 Å². The van der Waals surface area contributed by atoms with Crippen molar-refractivity contribution in [3.05, 3.63) is 71.8 Å². The zero-order chi connectivity index (χ0) is 20.4. The second-order valence-electron chi connectivity index (χ2n) is 6.91. The molecule has 0 amide bonds. The van der Waals surface area contributed by atoms with Gasteiger partial charge in [0, 0.05) is 31.0 Å². The van der Waals surface area contributed by atoms with Crippen LogP contribution < -0.4 is 0 Å². The van der Waals surface area contributed by atoms with Crippen molar-refractivity contribution >= 4 is 12.2 Å². The van der Waals surface area contributed by atoms with Crippen LogP contribution >= 0.6 is 12.2 Å². The first-order valence-electron chi connectivity index (χ1n) is 9.24. The largest absolute Gasteiger partial charge is 0.303 e. The molecule has 9 heteroatoms. The van der Waals surface area contributed by atoms with Gasteiger partial charge in [-0.05, 0) is 56.0 Å². The predicted octanol–water partition coefficient (Wildman–Crippen LogP) is 3.24. The Balaban J connectivity index is 1.52. The summed E-state index contributed by atoms with van der Waals surface area (Å²) in [5.41, 5.74) is 3.18. The van der Waals surface area contributed by atoms with Crippen LogP contribution in [-0.2, 0) is 13.7 Å². The van der Waals surface area contributed by atoms with E-state index < -0.39 is 0 Å². The number of rotatable bonds is 6. The maximum absolute atomic E-state index is 5.60. The van der Waals surface area contributed by atoms with Crippen molar-refractivity contribution < 1.29 is 0 Å². The Hall–Kier alpha value is -3.17. The zero-order valence-electron chi connectivity index (χ0n) is 16.5. The van der Waals surface area contributed by atoms with Gasteiger partial charge in [-0.1, -0.05) is 12.1 Å². The van der Waals surface area contributed by atoms with Crippen molar-refractivity contribution in [1.82, 2.24) is 39.0 Å². The molecule has 148 valence electrons. The molecule has 0 N–H and O–H groups in total. The second-order valence-corrected chi connectivity index (χ2v) is 7.27. The van der Waals surface area contributed by atoms with Crippen molar-refractivity contribution in [1.29, 1.82) is 0 Å². The molecule has 3 heterocycles. The predicted molar refractivity (Wildman–Crippen MR) is 113 cm³/mol. The van der Waals surface area contributed by atoms with Crippen LogP contribution in [0.5, 0.6) is 0 Å². The Bertz CT molecular complexity index is 1130. The molecule has 0 saturated carbocycles. The summed E-state index contributed by atoms with van der Waals surface area (Å²) in [6.45, 7) is 2.75. The topological polar surface area (TPSA) is 69.6 Å². The van der Waals surface area contributed by atoms with E-state index in [1.54, 1.807) is 23.4 Å². The highest BCUT2D eigenvalue weighted by Crippen LogP contribution is 2.22. The fraction of sp³-hybridized carbons (Fsp3) is 0.250. The normalized spacial score (nSPS) is 12.4. The first-order valence-corrected chi connectivity index (χ1v) is 9.65. The quantitative estimate of drug-likeness (QED) is 0.458. The lowest BCUT2D eigenvalue weighted by atomic mass is 10.1. The molecular formula is C20H22N8S. The molecule has 0 spiro atoms. The van der Waals surface area contributed by atoms with Crippen LogP contribution in [0, 0.1) is 4.77 Å². The van der Waals surface area contributed by atoms with Crippen molar-refractivity contribution in [2.75, 3.05) is 7.05 Å². The van der Waals surface area contributed by atoms with Crippen LogP contribution in [0.25, 0.3) is 17.1 Å². The zero-order valence-corrected chi connectivity index (χ0v) is 17.4. The molecule has 4 rings (SSSR count). The highest BCUT2D eigenvalue weighted by Gasteiger charge is 2.16. The van der Waals surface area contributed by atoms with E-state index in [4.69, 9.17) is 17.3 Å². The van der Waals surface area contributed by atoms with E-state index in [0.29, 0.717) is 11.4 Å². The summed E-state index contributed by atoms with van der Waals surface area (Å²) in [4.78, 5) is 10.3. The fourth-order valence-corrected chi connectivity index (χ4v) is 3.35. The van der Waals surface area contributed by atoms with Gasteiger partial charge in [0.1, 0.15) is 12.7 Å². The lowest BCUT2D eigenvalue weighted by molar-refractivity contribution is 0.194. The summed E-state index contributed by atoms with van der Waals surface area (Å²) in [6.07, 6.45) is 6.73. The smallest absolute Gasteiger partial charge is 0.199 e. The molecule has 0 bridgehead atoms. The third-order valence-corrected chi connectivity index (χ3v) is 5.54. The maximum atomic E-state index is 5.60. The molecule has 3 aromatic heterocycles. The molecule has 1 aromatic carbocycles. The number of hydrogen-bond donors (Lipinski definition) is 0. The van der Waals surface area contributed by atoms with Crippen molar-refractivity contribution in [2.24, 2.45) is 7.05 Å². The summed E-state index contributed by atoms with van der Waals surface area (Å²) in [5, 5.41) is 8.89. The molecular weight excluding hydrogens is 384 g/mol. The number of nitrogens with zero attached hydrogens (tertiary/aromatic N) is 8. The Morgan fingerprint density at radius 2 is 1.79 bits per heavy atom. The van der Waals surface area contributed by atoms with Crippen molar-refractivity contribution in [3.8, 4) is 17.1 Å². The van der Waals surface area contributed by atoms with Gasteiger partial charge in [0.15, 0.2) is 10.6 Å². The number of hydrogen-bond acceptors (Lipinski definition) is 6. The van der Waals surface area contributed by atoms with Gasteiger partial charge in [0.25, 0.3) is 0 Å². The van der Waals surface area contributed by atoms with E-state index in [-0.39, 0.29) is 6.04 Å². The molecule has 1 atom stereocenters. The van der Waals surface area contributed by atoms with Gasteiger partial charge in [-0.15, -0.1) is 0 Å². The van der Waals surface area contributed by atoms with E-state index in [1.807, 2.05) is 40.6 Å². The van der Waals surface area contributed by atoms with E-state index in [2.05, 4.69) is 46.1 Å². The highest BCUT2D eigenvalue weighted by atomic mass is 32.1. The summed E-state index contributed by atoms with van der Waals surface area (Å²) in [6, 6.07) is 12.4. The van der Waals surface area contributed by atoms with Gasteiger partial charge in [0.2, 0.25) is 0 Å². The monoisotopic (exact) mass is 406 g/mol. The van der Waals surface area contributed by atoms with Crippen LogP contribution in [-0.4, -0.2) is 46.0 Å². The average Bonchev–Trinajstić information content (AvgIpc) is 3.39. The van der Waals surface area contributed by atoms with Crippen LogP contribution in [0.2, 0.25) is 0 Å². The molecule has 0 radical (unpaired) electrons. The summed E-state index contributed by atoms with van der Waals surface area (Å²) in [7, 11) is 4.01. The Kier molecular flexibility index (Phi) is 5.32. The molecule has 8 nitrogen and oxygen atoms in total. The standard InChI is InChI=1S/C20H22N8S/c1-15(16-4-6-18(7-5-16)27-13-22-12-23-27)25(2)14-28-20(29)26(3)19(24-28)17-8-10-21-11-9-17/h4-13,15H,14H2,1-3H3/t15-/m1/s1. The summed E-state index contributed by atoms with van der Waals surface area (Å²) >= 11 is 5.60. The van der Waals surface area contributed by atoms with Gasteiger partial charge < -0.3 is 4.57 Å². The second kappa shape index (κ2) is 8.06. The van der Waals surface area contributed by atoms with Crippen molar-refractivity contribution in [3.63, 3.8) is 0 Å². The van der Waals surface area contributed by atoms with E-state index in [9.17, 15) is 0 Å². The molecule has 0 aliphatic rings. The first kappa shape index (κ1) is 19.2. The Morgan fingerprint density at radius 3 is 2.45 bits per heavy atom. The minimum absolute atomic E-state index is 0.188. The van der Waals surface area contributed by atoms with E-state index in [0.717, 1.165) is 17.1 Å². The summed E-state index contributed by atoms with van der Waals surface area (Å²) < 4.78 is 6.20. The molecule has 0 unspecified atom stereocenters. The van der Waals surface area contributed by atoms with Gasteiger partial charge in [-0.2, -0.15) is 10.2 Å². The van der Waals surface area contributed by atoms with Crippen molar-refractivity contribution in [2.45, 2.75) is 19.6 Å². The molecule has 0 saturated heterocycles. The third-order valence-electron chi connectivity index (χ3n) is 5.06. The number of benzene rings is 1. The van der Waals surface area contributed by atoms with Crippen LogP contribution in [0.4, 0.5) is 0 Å². The van der Waals surface area contributed by atoms with Gasteiger partial charge in [-0.25, -0.2) is 14.3 Å². The third kappa shape index (κ3) is 3.87. The van der Waals surface area contributed by atoms with Crippen LogP contribution in [0.15, 0.2) is 61.4 Å². The van der Waals surface area contributed by atoms with Gasteiger partial charge >= 0.3 is 0 Å². The molecule has 4 aromatic rings.